The van der Waals surface area contributed by atoms with Crippen LogP contribution < -0.4 is 5.73 Å². The van der Waals surface area contributed by atoms with Gasteiger partial charge in [0.05, 0.1) is 0 Å². The van der Waals surface area contributed by atoms with Crippen molar-refractivity contribution in [1.29, 1.82) is 0 Å². The van der Waals surface area contributed by atoms with Crippen LogP contribution in [0.1, 0.15) is 17.0 Å². The second kappa shape index (κ2) is 6.45. The molecule has 2 aromatic rings. The quantitative estimate of drug-likeness (QED) is 0.887. The molecule has 1 heterocycles. The van der Waals surface area contributed by atoms with Gasteiger partial charge in [0.1, 0.15) is 0 Å². The molecule has 94 valence electrons. The third-order valence-corrected chi connectivity index (χ3v) is 3.83. The number of aromatic nitrogens is 1. The SMILES string of the molecule is NCC(Cc1cncc(Br)c1)c1ccc(Br)cc1. The van der Waals surface area contributed by atoms with Gasteiger partial charge in [-0.15, -0.1) is 0 Å². The zero-order valence-electron chi connectivity index (χ0n) is 9.81. The Balaban J connectivity index is 2.17. The molecule has 0 saturated heterocycles. The molecule has 0 radical (unpaired) electrons. The van der Waals surface area contributed by atoms with Crippen molar-refractivity contribution in [2.24, 2.45) is 5.73 Å². The molecule has 1 atom stereocenters. The molecule has 0 amide bonds. The fourth-order valence-corrected chi connectivity index (χ4v) is 2.60. The number of benzene rings is 1. The summed E-state index contributed by atoms with van der Waals surface area (Å²) in [5, 5.41) is 0. The van der Waals surface area contributed by atoms with Crippen LogP contribution in [0.15, 0.2) is 51.7 Å². The van der Waals surface area contributed by atoms with Gasteiger partial charge in [0.25, 0.3) is 0 Å². The number of rotatable bonds is 4. The fourth-order valence-electron chi connectivity index (χ4n) is 1.92. The van der Waals surface area contributed by atoms with Crippen LogP contribution in [0.2, 0.25) is 0 Å². The van der Waals surface area contributed by atoms with Crippen molar-refractivity contribution in [3.8, 4) is 0 Å². The summed E-state index contributed by atoms with van der Waals surface area (Å²) < 4.78 is 2.10. The molecule has 2 nitrogen and oxygen atoms in total. The van der Waals surface area contributed by atoms with E-state index < -0.39 is 0 Å². The van der Waals surface area contributed by atoms with Crippen molar-refractivity contribution < 1.29 is 0 Å². The molecule has 0 spiro atoms. The number of hydrogen-bond donors (Lipinski definition) is 1. The summed E-state index contributed by atoms with van der Waals surface area (Å²) in [4.78, 5) is 4.18. The first-order valence-corrected chi connectivity index (χ1v) is 7.32. The monoisotopic (exact) mass is 368 g/mol. The van der Waals surface area contributed by atoms with E-state index >= 15 is 0 Å². The summed E-state index contributed by atoms with van der Waals surface area (Å²) in [6.07, 6.45) is 4.59. The van der Waals surface area contributed by atoms with Gasteiger partial charge >= 0.3 is 0 Å². The van der Waals surface area contributed by atoms with Crippen LogP contribution in [0.3, 0.4) is 0 Å². The predicted octanol–water partition coefficient (Wildman–Crippen LogP) is 3.89. The molecule has 4 heteroatoms. The molecule has 1 unspecified atom stereocenters. The summed E-state index contributed by atoms with van der Waals surface area (Å²) in [5.74, 6) is 0.328. The maximum atomic E-state index is 5.88. The predicted molar refractivity (Wildman–Crippen MR) is 81.6 cm³/mol. The first kappa shape index (κ1) is 13.7. The van der Waals surface area contributed by atoms with E-state index in [1.807, 2.05) is 6.20 Å². The molecular formula is C14H14Br2N2. The van der Waals surface area contributed by atoms with Crippen molar-refractivity contribution >= 4 is 31.9 Å². The highest BCUT2D eigenvalue weighted by atomic mass is 79.9. The van der Waals surface area contributed by atoms with Crippen LogP contribution in [-0.2, 0) is 6.42 Å². The molecular weight excluding hydrogens is 356 g/mol. The Morgan fingerprint density at radius 1 is 1.06 bits per heavy atom. The highest BCUT2D eigenvalue weighted by Gasteiger charge is 2.11. The minimum atomic E-state index is 0.328. The van der Waals surface area contributed by atoms with Gasteiger partial charge in [0.2, 0.25) is 0 Å². The van der Waals surface area contributed by atoms with Crippen molar-refractivity contribution in [3.05, 3.63) is 62.8 Å². The van der Waals surface area contributed by atoms with E-state index in [2.05, 4.69) is 67.2 Å². The Morgan fingerprint density at radius 2 is 1.78 bits per heavy atom. The zero-order valence-corrected chi connectivity index (χ0v) is 13.0. The Labute approximate surface area is 124 Å². The molecule has 0 saturated carbocycles. The first-order valence-electron chi connectivity index (χ1n) is 5.74. The Kier molecular flexibility index (Phi) is 4.92. The van der Waals surface area contributed by atoms with Crippen LogP contribution in [-0.4, -0.2) is 11.5 Å². The summed E-state index contributed by atoms with van der Waals surface area (Å²) in [7, 11) is 0. The molecule has 0 aliphatic rings. The molecule has 2 rings (SSSR count). The Morgan fingerprint density at radius 3 is 2.39 bits per heavy atom. The topological polar surface area (TPSA) is 38.9 Å². The van der Waals surface area contributed by atoms with E-state index in [0.29, 0.717) is 12.5 Å². The minimum absolute atomic E-state index is 0.328. The van der Waals surface area contributed by atoms with Gasteiger partial charge in [0, 0.05) is 27.3 Å². The molecule has 0 aliphatic heterocycles. The summed E-state index contributed by atoms with van der Waals surface area (Å²) in [6.45, 7) is 0.633. The number of pyridine rings is 1. The number of nitrogens with zero attached hydrogens (tertiary/aromatic N) is 1. The molecule has 0 aliphatic carbocycles. The molecule has 2 N–H and O–H groups in total. The number of halogens is 2. The molecule has 0 fully saturated rings. The smallest absolute Gasteiger partial charge is 0.0410 e. The van der Waals surface area contributed by atoms with E-state index in [1.165, 1.54) is 11.1 Å². The molecule has 1 aromatic carbocycles. The van der Waals surface area contributed by atoms with E-state index in [-0.39, 0.29) is 0 Å². The average Bonchev–Trinajstić information content (AvgIpc) is 2.37. The normalized spacial score (nSPS) is 12.4. The van der Waals surface area contributed by atoms with Crippen LogP contribution in [0.25, 0.3) is 0 Å². The van der Waals surface area contributed by atoms with Crippen molar-refractivity contribution in [2.75, 3.05) is 6.54 Å². The van der Waals surface area contributed by atoms with Crippen LogP contribution in [0, 0.1) is 0 Å². The third-order valence-electron chi connectivity index (χ3n) is 2.87. The van der Waals surface area contributed by atoms with Crippen LogP contribution >= 0.6 is 31.9 Å². The van der Waals surface area contributed by atoms with Gasteiger partial charge in [0.15, 0.2) is 0 Å². The summed E-state index contributed by atoms with van der Waals surface area (Å²) >= 11 is 6.89. The van der Waals surface area contributed by atoms with Crippen LogP contribution in [0.4, 0.5) is 0 Å². The number of hydrogen-bond acceptors (Lipinski definition) is 2. The minimum Gasteiger partial charge on any atom is -0.330 e. The van der Waals surface area contributed by atoms with E-state index in [0.717, 1.165) is 15.4 Å². The fraction of sp³-hybridized carbons (Fsp3) is 0.214. The van der Waals surface area contributed by atoms with Crippen molar-refractivity contribution in [2.45, 2.75) is 12.3 Å². The van der Waals surface area contributed by atoms with Crippen LogP contribution in [0.5, 0.6) is 0 Å². The first-order chi connectivity index (χ1) is 8.69. The Bertz CT molecular complexity index is 511. The van der Waals surface area contributed by atoms with Gasteiger partial charge in [-0.05, 0) is 58.2 Å². The zero-order chi connectivity index (χ0) is 13.0. The van der Waals surface area contributed by atoms with Crippen molar-refractivity contribution in [1.82, 2.24) is 4.98 Å². The van der Waals surface area contributed by atoms with E-state index in [4.69, 9.17) is 5.73 Å². The lowest BCUT2D eigenvalue weighted by Crippen LogP contribution is -2.15. The van der Waals surface area contributed by atoms with Gasteiger partial charge in [-0.3, -0.25) is 4.98 Å². The number of nitrogens with two attached hydrogens (primary N) is 1. The largest absolute Gasteiger partial charge is 0.330 e. The standard InChI is InChI=1S/C14H14Br2N2/c15-13-3-1-11(2-4-13)12(7-17)5-10-6-14(16)9-18-8-10/h1-4,6,8-9,12H,5,7,17H2. The Hall–Kier alpha value is -0.710. The van der Waals surface area contributed by atoms with Gasteiger partial charge in [-0.2, -0.15) is 0 Å². The lowest BCUT2D eigenvalue weighted by atomic mass is 9.93. The molecule has 18 heavy (non-hydrogen) atoms. The lowest BCUT2D eigenvalue weighted by Gasteiger charge is -2.15. The van der Waals surface area contributed by atoms with Gasteiger partial charge in [-0.25, -0.2) is 0 Å². The third kappa shape index (κ3) is 3.64. The average molecular weight is 370 g/mol. The second-order valence-corrected chi connectivity index (χ2v) is 6.03. The highest BCUT2D eigenvalue weighted by Crippen LogP contribution is 2.22. The summed E-state index contributed by atoms with van der Waals surface area (Å²) in [6, 6.07) is 10.4. The van der Waals surface area contributed by atoms with Crippen molar-refractivity contribution in [3.63, 3.8) is 0 Å². The highest BCUT2D eigenvalue weighted by molar-refractivity contribution is 9.10. The van der Waals surface area contributed by atoms with Gasteiger partial charge in [-0.1, -0.05) is 28.1 Å². The maximum Gasteiger partial charge on any atom is 0.0410 e. The second-order valence-electron chi connectivity index (χ2n) is 4.20. The maximum absolute atomic E-state index is 5.88. The lowest BCUT2D eigenvalue weighted by molar-refractivity contribution is 0.692. The van der Waals surface area contributed by atoms with Gasteiger partial charge < -0.3 is 5.73 Å². The van der Waals surface area contributed by atoms with E-state index in [9.17, 15) is 0 Å². The van der Waals surface area contributed by atoms with E-state index in [1.54, 1.807) is 6.20 Å². The molecule has 1 aromatic heterocycles. The molecule has 0 bridgehead atoms. The summed E-state index contributed by atoms with van der Waals surface area (Å²) in [5.41, 5.74) is 8.35.